The number of aldehydes is 1. The van der Waals surface area contributed by atoms with Gasteiger partial charge in [-0.25, -0.2) is 9.59 Å². The van der Waals surface area contributed by atoms with E-state index in [2.05, 4.69) is 10.2 Å². The molecule has 0 aromatic heterocycles. The van der Waals surface area contributed by atoms with E-state index >= 15 is 0 Å². The van der Waals surface area contributed by atoms with Crippen molar-refractivity contribution >= 4 is 30.2 Å². The van der Waals surface area contributed by atoms with E-state index in [0.717, 1.165) is 6.92 Å². The third kappa shape index (κ3) is 4.43. The first kappa shape index (κ1) is 17.4. The maximum atomic E-state index is 11.8. The lowest BCUT2D eigenvalue weighted by Gasteiger charge is -2.42. The second kappa shape index (κ2) is 6.41. The number of ether oxygens (including phenoxy) is 2. The molecule has 0 aromatic carbocycles. The predicted molar refractivity (Wildman–Crippen MR) is 67.7 cm³/mol. The Balaban J connectivity index is 2.75. The number of hydroxylamine groups is 2. The van der Waals surface area contributed by atoms with Gasteiger partial charge in [0.25, 0.3) is 5.91 Å². The highest BCUT2D eigenvalue weighted by molar-refractivity contribution is 6.20. The lowest BCUT2D eigenvalue weighted by atomic mass is 10.1. The van der Waals surface area contributed by atoms with Gasteiger partial charge in [-0.05, 0) is 20.8 Å². The van der Waals surface area contributed by atoms with Crippen LogP contribution in [0.1, 0.15) is 27.7 Å². The van der Waals surface area contributed by atoms with Gasteiger partial charge >= 0.3 is 18.0 Å². The molecule has 10 heteroatoms. The van der Waals surface area contributed by atoms with Crippen molar-refractivity contribution < 1.29 is 38.3 Å². The summed E-state index contributed by atoms with van der Waals surface area (Å²) in [5, 5.41) is 2.58. The molecule has 0 aliphatic carbocycles. The minimum Gasteiger partial charge on any atom is -0.444 e. The number of hydrogen-bond donors (Lipinski definition) is 1. The summed E-state index contributed by atoms with van der Waals surface area (Å²) in [4.78, 5) is 59.9. The van der Waals surface area contributed by atoms with E-state index < -0.39 is 41.8 Å². The molecule has 1 rings (SSSR count). The summed E-state index contributed by atoms with van der Waals surface area (Å²) in [5.41, 5.74) is -0.794. The highest BCUT2D eigenvalue weighted by Crippen LogP contribution is 2.22. The summed E-state index contributed by atoms with van der Waals surface area (Å²) in [7, 11) is 0. The Labute approximate surface area is 125 Å². The zero-order chi connectivity index (χ0) is 17.1. The Morgan fingerprint density at radius 1 is 1.27 bits per heavy atom. The molecule has 1 aliphatic heterocycles. The van der Waals surface area contributed by atoms with Crippen LogP contribution in [0.4, 0.5) is 4.79 Å². The maximum absolute atomic E-state index is 11.8. The normalized spacial score (nSPS) is 20.5. The smallest absolute Gasteiger partial charge is 0.408 e. The fourth-order valence-corrected chi connectivity index (χ4v) is 1.51. The Hall–Kier alpha value is -2.65. The summed E-state index contributed by atoms with van der Waals surface area (Å²) in [6.07, 6.45) is -2.45. The molecule has 22 heavy (non-hydrogen) atoms. The van der Waals surface area contributed by atoms with Crippen LogP contribution in [0.2, 0.25) is 0 Å². The topological polar surface area (TPSA) is 128 Å². The van der Waals surface area contributed by atoms with Crippen molar-refractivity contribution in [3.05, 3.63) is 0 Å². The lowest BCUT2D eigenvalue weighted by Crippen LogP contribution is -2.72. The Morgan fingerprint density at radius 2 is 1.86 bits per heavy atom. The molecule has 0 aromatic rings. The largest absolute Gasteiger partial charge is 0.444 e. The highest BCUT2D eigenvalue weighted by atomic mass is 16.8. The van der Waals surface area contributed by atoms with Crippen molar-refractivity contribution in [3.63, 3.8) is 0 Å². The van der Waals surface area contributed by atoms with E-state index in [9.17, 15) is 24.0 Å². The Kier molecular flexibility index (Phi) is 5.07. The molecule has 122 valence electrons. The van der Waals surface area contributed by atoms with Crippen LogP contribution < -0.4 is 5.32 Å². The summed E-state index contributed by atoms with van der Waals surface area (Å²) < 4.78 is 9.72. The van der Waals surface area contributed by atoms with Gasteiger partial charge in [0.1, 0.15) is 5.60 Å². The molecule has 0 radical (unpaired) electrons. The fourth-order valence-electron chi connectivity index (χ4n) is 1.51. The van der Waals surface area contributed by atoms with E-state index in [1.54, 1.807) is 20.8 Å². The minimum atomic E-state index is -1.37. The summed E-state index contributed by atoms with van der Waals surface area (Å²) in [6, 6.07) is -1.28. The lowest BCUT2D eigenvalue weighted by molar-refractivity contribution is -0.268. The van der Waals surface area contributed by atoms with Crippen LogP contribution in [0.15, 0.2) is 0 Å². The van der Waals surface area contributed by atoms with Crippen molar-refractivity contribution in [1.82, 2.24) is 10.4 Å². The highest BCUT2D eigenvalue weighted by Gasteiger charge is 2.54. The average molecular weight is 316 g/mol. The van der Waals surface area contributed by atoms with Gasteiger partial charge in [0.05, 0.1) is 0 Å². The number of esters is 1. The zero-order valence-corrected chi connectivity index (χ0v) is 12.4. The number of β-lactam (4-membered cyclic amide) rings is 1. The second-order valence-corrected chi connectivity index (χ2v) is 5.32. The molecule has 0 bridgehead atoms. The van der Waals surface area contributed by atoms with Gasteiger partial charge in [-0.15, -0.1) is 5.06 Å². The number of rotatable bonds is 4. The van der Waals surface area contributed by atoms with Crippen molar-refractivity contribution in [2.45, 2.75) is 45.6 Å². The number of carbonyl (C=O) groups is 5. The van der Waals surface area contributed by atoms with E-state index in [1.807, 2.05) is 0 Å². The SMILES string of the molecule is CC(=O)O[C@H]1[C@H](NC(=O)OC(C)(C)C)C(=O)N1OC(=O)C=O. The van der Waals surface area contributed by atoms with Crippen LogP contribution in [0.3, 0.4) is 0 Å². The molecular weight excluding hydrogens is 300 g/mol. The molecule has 0 spiro atoms. The van der Waals surface area contributed by atoms with Crippen molar-refractivity contribution in [2.24, 2.45) is 0 Å². The first-order valence-corrected chi connectivity index (χ1v) is 6.22. The van der Waals surface area contributed by atoms with E-state index in [4.69, 9.17) is 9.47 Å². The van der Waals surface area contributed by atoms with Gasteiger partial charge in [-0.3, -0.25) is 14.4 Å². The monoisotopic (exact) mass is 316 g/mol. The molecule has 0 unspecified atom stereocenters. The average Bonchev–Trinajstić information content (AvgIpc) is 2.38. The molecule has 1 N–H and O–H groups in total. The van der Waals surface area contributed by atoms with Crippen molar-refractivity contribution in [3.8, 4) is 0 Å². The number of amides is 2. The second-order valence-electron chi connectivity index (χ2n) is 5.32. The molecule has 1 saturated heterocycles. The molecule has 1 heterocycles. The van der Waals surface area contributed by atoms with Crippen LogP contribution in [0, 0.1) is 0 Å². The van der Waals surface area contributed by atoms with Gasteiger partial charge in [-0.2, -0.15) is 0 Å². The quantitative estimate of drug-likeness (QED) is 0.311. The van der Waals surface area contributed by atoms with Crippen LogP contribution >= 0.6 is 0 Å². The first-order chi connectivity index (χ1) is 10.0. The maximum Gasteiger partial charge on any atom is 0.408 e. The third-order valence-corrected chi connectivity index (χ3v) is 2.24. The van der Waals surface area contributed by atoms with Crippen LogP contribution in [0.5, 0.6) is 0 Å². The molecule has 1 aliphatic rings. The van der Waals surface area contributed by atoms with Gasteiger partial charge in [0, 0.05) is 6.92 Å². The minimum absolute atomic E-state index is 0.160. The first-order valence-electron chi connectivity index (χ1n) is 6.22. The van der Waals surface area contributed by atoms with Gasteiger partial charge in [-0.1, -0.05) is 0 Å². The standard InChI is InChI=1S/C12H16N2O8/c1-6(16)20-10-8(13-11(19)21-12(2,3)4)9(18)14(10)22-7(17)5-15/h5,8,10H,1-4H3,(H,13,19)/t8-,10+/m1/s1. The zero-order valence-electron chi connectivity index (χ0n) is 12.4. The molecule has 10 nitrogen and oxygen atoms in total. The Morgan fingerprint density at radius 3 is 2.32 bits per heavy atom. The number of nitrogens with one attached hydrogen (secondary N) is 1. The molecule has 1 fully saturated rings. The van der Waals surface area contributed by atoms with Crippen LogP contribution in [-0.4, -0.2) is 53.2 Å². The van der Waals surface area contributed by atoms with E-state index in [0.29, 0.717) is 5.06 Å². The van der Waals surface area contributed by atoms with Crippen LogP contribution in [-0.2, 0) is 33.5 Å². The molecule has 2 atom stereocenters. The number of hydrogen-bond acceptors (Lipinski definition) is 8. The molecule has 2 amide bonds. The fraction of sp³-hybridized carbons (Fsp3) is 0.583. The van der Waals surface area contributed by atoms with Gasteiger partial charge in [0.2, 0.25) is 12.5 Å². The summed E-state index contributed by atoms with van der Waals surface area (Å²) in [6.45, 7) is 5.93. The van der Waals surface area contributed by atoms with Gasteiger partial charge in [0.15, 0.2) is 6.04 Å². The Bertz CT molecular complexity index is 510. The third-order valence-electron chi connectivity index (χ3n) is 2.24. The van der Waals surface area contributed by atoms with Crippen LogP contribution in [0.25, 0.3) is 0 Å². The number of alkyl carbamates (subject to hydrolysis) is 1. The van der Waals surface area contributed by atoms with Gasteiger partial charge < -0.3 is 19.6 Å². The number of nitrogens with zero attached hydrogens (tertiary/aromatic N) is 1. The number of carbonyl (C=O) groups excluding carboxylic acids is 5. The van der Waals surface area contributed by atoms with E-state index in [-0.39, 0.29) is 6.29 Å². The summed E-state index contributed by atoms with van der Waals surface area (Å²) >= 11 is 0. The van der Waals surface area contributed by atoms with Crippen molar-refractivity contribution in [1.29, 1.82) is 0 Å². The molecule has 0 saturated carbocycles. The molecular formula is C12H16N2O8. The predicted octanol–water partition coefficient (Wildman–Crippen LogP) is -0.732. The summed E-state index contributed by atoms with van der Waals surface area (Å²) in [5.74, 6) is -2.99. The van der Waals surface area contributed by atoms with E-state index in [1.165, 1.54) is 0 Å². The van der Waals surface area contributed by atoms with Crippen molar-refractivity contribution in [2.75, 3.05) is 0 Å².